The summed E-state index contributed by atoms with van der Waals surface area (Å²) in [5.41, 5.74) is 1.74. The van der Waals surface area contributed by atoms with Gasteiger partial charge in [0.1, 0.15) is 6.07 Å². The molecule has 1 saturated heterocycles. The van der Waals surface area contributed by atoms with Gasteiger partial charge in [0.25, 0.3) is 0 Å². The van der Waals surface area contributed by atoms with E-state index in [0.717, 1.165) is 48.0 Å². The van der Waals surface area contributed by atoms with Crippen molar-refractivity contribution < 1.29 is 4.74 Å². The van der Waals surface area contributed by atoms with Gasteiger partial charge in [-0.2, -0.15) is 5.26 Å². The van der Waals surface area contributed by atoms with Crippen molar-refractivity contribution in [3.05, 3.63) is 23.8 Å². The number of benzene rings is 1. The van der Waals surface area contributed by atoms with E-state index in [1.54, 1.807) is 11.8 Å². The summed E-state index contributed by atoms with van der Waals surface area (Å²) in [6, 6.07) is 8.78. The average molecular weight is 290 g/mol. The van der Waals surface area contributed by atoms with Crippen molar-refractivity contribution in [1.29, 1.82) is 5.26 Å². The molecular formula is C16H22N2OS. The molecule has 3 nitrogen and oxygen atoms in total. The maximum Gasteiger partial charge on any atom is 0.102 e. The molecule has 1 unspecified atom stereocenters. The van der Waals surface area contributed by atoms with E-state index in [0.29, 0.717) is 12.0 Å². The second kappa shape index (κ2) is 7.56. The molecule has 0 amide bonds. The van der Waals surface area contributed by atoms with Gasteiger partial charge in [-0.1, -0.05) is 13.0 Å². The fraction of sp³-hybridized carbons (Fsp3) is 0.562. The van der Waals surface area contributed by atoms with Crippen LogP contribution in [0.25, 0.3) is 0 Å². The Hall–Kier alpha value is -1.18. The number of ether oxygens (including phenoxy) is 1. The van der Waals surface area contributed by atoms with Crippen LogP contribution in [-0.2, 0) is 4.74 Å². The summed E-state index contributed by atoms with van der Waals surface area (Å²) in [7, 11) is 0. The molecule has 1 atom stereocenters. The molecule has 20 heavy (non-hydrogen) atoms. The smallest absolute Gasteiger partial charge is 0.102 e. The standard InChI is InChI=1S/C16H22N2OS/c1-3-20-16-6-4-5-15(14(16)11-17)18-12(2)13-7-9-19-10-8-13/h4-6,12-13,18H,3,7-10H2,1-2H3. The molecule has 0 aliphatic carbocycles. The van der Waals surface area contributed by atoms with Crippen LogP contribution in [0.5, 0.6) is 0 Å². The molecule has 0 radical (unpaired) electrons. The Morgan fingerprint density at radius 3 is 2.85 bits per heavy atom. The van der Waals surface area contributed by atoms with Gasteiger partial charge < -0.3 is 10.1 Å². The molecule has 108 valence electrons. The molecule has 4 heteroatoms. The maximum absolute atomic E-state index is 9.43. The quantitative estimate of drug-likeness (QED) is 0.835. The van der Waals surface area contributed by atoms with Crippen LogP contribution in [0.2, 0.25) is 0 Å². The number of hydrogen-bond acceptors (Lipinski definition) is 4. The van der Waals surface area contributed by atoms with E-state index in [9.17, 15) is 5.26 Å². The summed E-state index contributed by atoms with van der Waals surface area (Å²) in [6.07, 6.45) is 2.19. The van der Waals surface area contributed by atoms with Crippen LogP contribution in [0.1, 0.15) is 32.3 Å². The predicted octanol–water partition coefficient (Wildman–Crippen LogP) is 3.90. The highest BCUT2D eigenvalue weighted by atomic mass is 32.2. The van der Waals surface area contributed by atoms with E-state index in [1.165, 1.54) is 0 Å². The van der Waals surface area contributed by atoms with E-state index >= 15 is 0 Å². The highest BCUT2D eigenvalue weighted by molar-refractivity contribution is 7.99. The SMILES string of the molecule is CCSc1cccc(NC(C)C2CCOCC2)c1C#N. The third-order valence-electron chi connectivity index (χ3n) is 3.79. The molecule has 1 fully saturated rings. The lowest BCUT2D eigenvalue weighted by Crippen LogP contribution is -2.31. The van der Waals surface area contributed by atoms with Crippen molar-refractivity contribution >= 4 is 17.4 Å². The summed E-state index contributed by atoms with van der Waals surface area (Å²) in [5, 5.41) is 13.0. The Labute approximate surface area is 125 Å². The molecule has 1 N–H and O–H groups in total. The lowest BCUT2D eigenvalue weighted by molar-refractivity contribution is 0.0622. The van der Waals surface area contributed by atoms with E-state index in [1.807, 2.05) is 18.2 Å². The van der Waals surface area contributed by atoms with Crippen LogP contribution in [-0.4, -0.2) is 25.0 Å². The largest absolute Gasteiger partial charge is 0.381 e. The van der Waals surface area contributed by atoms with Crippen molar-refractivity contribution in [2.75, 3.05) is 24.3 Å². The minimum atomic E-state index is 0.368. The molecule has 0 spiro atoms. The van der Waals surface area contributed by atoms with Crippen molar-refractivity contribution in [3.63, 3.8) is 0 Å². The number of nitrogens with zero attached hydrogens (tertiary/aromatic N) is 1. The topological polar surface area (TPSA) is 45.0 Å². The van der Waals surface area contributed by atoms with E-state index < -0.39 is 0 Å². The number of nitrogens with one attached hydrogen (secondary N) is 1. The molecule has 0 aromatic heterocycles. The number of thioether (sulfide) groups is 1. The lowest BCUT2D eigenvalue weighted by Gasteiger charge is -2.29. The highest BCUT2D eigenvalue weighted by Crippen LogP contribution is 2.30. The van der Waals surface area contributed by atoms with E-state index in [2.05, 4.69) is 25.2 Å². The summed E-state index contributed by atoms with van der Waals surface area (Å²) in [6.45, 7) is 6.02. The molecule has 1 heterocycles. The summed E-state index contributed by atoms with van der Waals surface area (Å²) >= 11 is 1.72. The van der Waals surface area contributed by atoms with Gasteiger partial charge in [0.05, 0.1) is 11.3 Å². The zero-order valence-electron chi connectivity index (χ0n) is 12.2. The normalized spacial score (nSPS) is 17.4. The monoisotopic (exact) mass is 290 g/mol. The number of nitriles is 1. The molecule has 1 aliphatic rings. The van der Waals surface area contributed by atoms with Crippen LogP contribution in [0.3, 0.4) is 0 Å². The predicted molar refractivity (Wildman–Crippen MR) is 84.2 cm³/mol. The summed E-state index contributed by atoms with van der Waals surface area (Å²) in [5.74, 6) is 1.60. The van der Waals surface area contributed by atoms with Crippen LogP contribution in [0.15, 0.2) is 23.1 Å². The molecule has 1 aromatic carbocycles. The summed E-state index contributed by atoms with van der Waals surface area (Å²) in [4.78, 5) is 1.07. The second-order valence-electron chi connectivity index (χ2n) is 5.11. The van der Waals surface area contributed by atoms with Crippen LogP contribution in [0.4, 0.5) is 5.69 Å². The Kier molecular flexibility index (Phi) is 5.75. The summed E-state index contributed by atoms with van der Waals surface area (Å²) < 4.78 is 5.41. The van der Waals surface area contributed by atoms with Crippen molar-refractivity contribution in [2.45, 2.75) is 37.6 Å². The number of rotatable bonds is 5. The first-order chi connectivity index (χ1) is 9.76. The Morgan fingerprint density at radius 2 is 2.20 bits per heavy atom. The first-order valence-electron chi connectivity index (χ1n) is 7.26. The van der Waals surface area contributed by atoms with Gasteiger partial charge >= 0.3 is 0 Å². The van der Waals surface area contributed by atoms with Crippen LogP contribution < -0.4 is 5.32 Å². The highest BCUT2D eigenvalue weighted by Gasteiger charge is 2.21. The molecule has 2 rings (SSSR count). The average Bonchev–Trinajstić information content (AvgIpc) is 2.49. The molecular weight excluding hydrogens is 268 g/mol. The minimum Gasteiger partial charge on any atom is -0.381 e. The fourth-order valence-corrected chi connectivity index (χ4v) is 3.41. The molecule has 1 aromatic rings. The number of hydrogen-bond donors (Lipinski definition) is 1. The zero-order chi connectivity index (χ0) is 14.4. The van der Waals surface area contributed by atoms with Gasteiger partial charge in [0, 0.05) is 24.2 Å². The third-order valence-corrected chi connectivity index (χ3v) is 4.73. The van der Waals surface area contributed by atoms with Gasteiger partial charge in [-0.05, 0) is 43.6 Å². The molecule has 1 aliphatic heterocycles. The van der Waals surface area contributed by atoms with Crippen LogP contribution >= 0.6 is 11.8 Å². The maximum atomic E-state index is 9.43. The Balaban J connectivity index is 2.12. The van der Waals surface area contributed by atoms with Gasteiger partial charge in [0.2, 0.25) is 0 Å². The Morgan fingerprint density at radius 1 is 1.45 bits per heavy atom. The van der Waals surface area contributed by atoms with Crippen molar-refractivity contribution in [2.24, 2.45) is 5.92 Å². The van der Waals surface area contributed by atoms with Crippen LogP contribution in [0, 0.1) is 17.2 Å². The first kappa shape index (κ1) is 15.2. The number of anilines is 1. The van der Waals surface area contributed by atoms with Gasteiger partial charge in [0.15, 0.2) is 0 Å². The fourth-order valence-electron chi connectivity index (χ4n) is 2.62. The van der Waals surface area contributed by atoms with Crippen molar-refractivity contribution in [3.8, 4) is 6.07 Å². The first-order valence-corrected chi connectivity index (χ1v) is 8.25. The van der Waals surface area contributed by atoms with Gasteiger partial charge in [-0.25, -0.2) is 0 Å². The Bertz CT molecular complexity index is 478. The van der Waals surface area contributed by atoms with Crippen molar-refractivity contribution in [1.82, 2.24) is 0 Å². The van der Waals surface area contributed by atoms with E-state index in [4.69, 9.17) is 4.74 Å². The van der Waals surface area contributed by atoms with Gasteiger partial charge in [-0.15, -0.1) is 11.8 Å². The minimum absolute atomic E-state index is 0.368. The van der Waals surface area contributed by atoms with E-state index in [-0.39, 0.29) is 0 Å². The van der Waals surface area contributed by atoms with Gasteiger partial charge in [-0.3, -0.25) is 0 Å². The molecule has 0 bridgehead atoms. The lowest BCUT2D eigenvalue weighted by atomic mass is 9.92. The third kappa shape index (κ3) is 3.68. The second-order valence-corrected chi connectivity index (χ2v) is 6.41. The zero-order valence-corrected chi connectivity index (χ0v) is 13.0. The molecule has 0 saturated carbocycles.